The Kier molecular flexibility index (Phi) is 4.49. The van der Waals surface area contributed by atoms with Crippen LogP contribution in [0.2, 0.25) is 0 Å². The van der Waals surface area contributed by atoms with Gasteiger partial charge in [0.25, 0.3) is 0 Å². The second kappa shape index (κ2) is 5.23. The molecule has 0 bridgehead atoms. The van der Waals surface area contributed by atoms with Gasteiger partial charge in [-0.2, -0.15) is 0 Å². The average molecular weight is 231 g/mol. The molecule has 0 unspecified atom stereocenters. The fourth-order valence-electron chi connectivity index (χ4n) is 1.34. The molecule has 3 atom stereocenters. The Hall–Kier alpha value is -0.190. The molecule has 88 valence electrons. The molecule has 1 N–H and O–H groups in total. The summed E-state index contributed by atoms with van der Waals surface area (Å²) in [5, 5.41) is 0. The first-order valence-corrected chi connectivity index (χ1v) is 6.55. The van der Waals surface area contributed by atoms with Gasteiger partial charge in [0.15, 0.2) is 0 Å². The van der Waals surface area contributed by atoms with E-state index >= 15 is 0 Å². The van der Waals surface area contributed by atoms with Gasteiger partial charge < -0.3 is 9.29 Å². The van der Waals surface area contributed by atoms with Gasteiger partial charge in [-0.15, -0.1) is 4.72 Å². The molecule has 0 aliphatic carbocycles. The summed E-state index contributed by atoms with van der Waals surface area (Å²) in [6.45, 7) is 7.91. The molecule has 0 spiro atoms. The summed E-state index contributed by atoms with van der Waals surface area (Å²) >= 11 is -1.02. The first-order valence-electron chi connectivity index (χ1n) is 5.40. The van der Waals surface area contributed by atoms with Crippen LogP contribution >= 0.6 is 0 Å². The van der Waals surface area contributed by atoms with Crippen molar-refractivity contribution < 1.29 is 9.29 Å². The zero-order valence-electron chi connectivity index (χ0n) is 9.95. The highest BCUT2D eigenvalue weighted by molar-refractivity contribution is 7.90. The quantitative estimate of drug-likeness (QED) is 0.757. The molecule has 0 aromatic carbocycles. The predicted octanol–water partition coefficient (Wildman–Crippen LogP) is 2.12. The van der Waals surface area contributed by atoms with E-state index in [-0.39, 0.29) is 16.9 Å². The molecule has 3 nitrogen and oxygen atoms in total. The van der Waals surface area contributed by atoms with Crippen LogP contribution in [0.15, 0.2) is 12.3 Å². The van der Waals surface area contributed by atoms with Crippen molar-refractivity contribution in [2.24, 2.45) is 0 Å². The molecule has 1 aliphatic heterocycles. The van der Waals surface area contributed by atoms with Crippen molar-refractivity contribution in [1.82, 2.24) is 4.72 Å². The molecule has 1 aliphatic rings. The van der Waals surface area contributed by atoms with Crippen LogP contribution in [0.1, 0.15) is 40.5 Å². The molecule has 1 heterocycles. The minimum atomic E-state index is -1.02. The topological polar surface area (TPSA) is 44.3 Å². The summed E-state index contributed by atoms with van der Waals surface area (Å²) in [4.78, 5) is 0. The maximum atomic E-state index is 11.8. The number of rotatable bonds is 3. The van der Waals surface area contributed by atoms with Crippen molar-refractivity contribution in [2.75, 3.05) is 0 Å². The molecular weight excluding hydrogens is 210 g/mol. The summed E-state index contributed by atoms with van der Waals surface area (Å²) in [7, 11) is 0. The molecule has 0 fully saturated rings. The highest BCUT2D eigenvalue weighted by atomic mass is 32.2. The predicted molar refractivity (Wildman–Crippen MR) is 63.7 cm³/mol. The number of hydrogen-bond donors (Lipinski definition) is 1. The fourth-order valence-corrected chi connectivity index (χ4v) is 2.19. The van der Waals surface area contributed by atoms with Crippen molar-refractivity contribution in [3.8, 4) is 0 Å². The van der Waals surface area contributed by atoms with E-state index < -0.39 is 11.4 Å². The Balaban J connectivity index is 2.41. The smallest absolute Gasteiger partial charge is 0.136 e. The van der Waals surface area contributed by atoms with Crippen molar-refractivity contribution >= 4 is 11.4 Å². The molecule has 1 rings (SSSR count). The number of hydrogen-bond acceptors (Lipinski definition) is 3. The normalized spacial score (nSPS) is 25.8. The molecule has 0 aromatic heterocycles. The van der Waals surface area contributed by atoms with Crippen LogP contribution in [0.5, 0.6) is 0 Å². The molecule has 15 heavy (non-hydrogen) atoms. The second-order valence-electron chi connectivity index (χ2n) is 4.91. The second-order valence-corrected chi connectivity index (χ2v) is 6.91. The van der Waals surface area contributed by atoms with Crippen molar-refractivity contribution in [3.05, 3.63) is 12.3 Å². The van der Waals surface area contributed by atoms with Gasteiger partial charge in [0.05, 0.1) is 12.3 Å². The van der Waals surface area contributed by atoms with E-state index in [0.29, 0.717) is 0 Å². The Morgan fingerprint density at radius 1 is 1.53 bits per heavy atom. The Labute approximate surface area is 95.6 Å². The van der Waals surface area contributed by atoms with Gasteiger partial charge in [0.2, 0.25) is 0 Å². The molecular formula is C11H21NO2S. The highest BCUT2D eigenvalue weighted by Crippen LogP contribution is 2.18. The minimum Gasteiger partial charge on any atom is -0.598 e. The SMILES string of the molecule is C[C@@H](N[S@+]([O-])C(C)(C)C)[C@@H]1CCC=CO1. The summed E-state index contributed by atoms with van der Waals surface area (Å²) < 4.78 is 20.2. The van der Waals surface area contributed by atoms with E-state index in [1.165, 1.54) is 0 Å². The third kappa shape index (κ3) is 4.05. The largest absolute Gasteiger partial charge is 0.598 e. The molecule has 0 amide bonds. The maximum absolute atomic E-state index is 11.8. The standard InChI is InChI=1S/C11H21NO2S/c1-9(10-7-5-6-8-14-10)12-15(13)11(2,3)4/h6,8-10,12H,5,7H2,1-4H3/t9-,10+,15-/m1/s1. The van der Waals surface area contributed by atoms with Crippen molar-refractivity contribution in [2.45, 2.75) is 57.4 Å². The van der Waals surface area contributed by atoms with Crippen LogP contribution in [0.4, 0.5) is 0 Å². The third-order valence-corrected chi connectivity index (χ3v) is 4.07. The first kappa shape index (κ1) is 12.9. The van der Waals surface area contributed by atoms with Gasteiger partial charge >= 0.3 is 0 Å². The average Bonchev–Trinajstić information content (AvgIpc) is 2.17. The molecule has 0 radical (unpaired) electrons. The zero-order chi connectivity index (χ0) is 11.5. The number of ether oxygens (including phenoxy) is 1. The van der Waals surface area contributed by atoms with Gasteiger partial charge in [-0.25, -0.2) is 0 Å². The van der Waals surface area contributed by atoms with Crippen LogP contribution in [-0.2, 0) is 16.1 Å². The van der Waals surface area contributed by atoms with Crippen LogP contribution in [0, 0.1) is 0 Å². The van der Waals surface area contributed by atoms with Crippen LogP contribution in [0.3, 0.4) is 0 Å². The summed E-state index contributed by atoms with van der Waals surface area (Å²) in [6.07, 6.45) is 5.93. The van der Waals surface area contributed by atoms with E-state index in [9.17, 15) is 4.55 Å². The first-order chi connectivity index (χ1) is 6.91. The molecule has 0 aromatic rings. The lowest BCUT2D eigenvalue weighted by Gasteiger charge is -2.30. The van der Waals surface area contributed by atoms with E-state index in [0.717, 1.165) is 12.8 Å². The molecule has 4 heteroatoms. The lowest BCUT2D eigenvalue weighted by atomic mass is 10.1. The number of nitrogens with one attached hydrogen (secondary N) is 1. The van der Waals surface area contributed by atoms with E-state index in [1.807, 2.05) is 33.8 Å². The summed E-state index contributed by atoms with van der Waals surface area (Å²) in [5.41, 5.74) is 0. The minimum absolute atomic E-state index is 0.120. The lowest BCUT2D eigenvalue weighted by Crippen LogP contribution is -2.48. The van der Waals surface area contributed by atoms with E-state index in [1.54, 1.807) is 6.26 Å². The van der Waals surface area contributed by atoms with E-state index in [4.69, 9.17) is 4.74 Å². The van der Waals surface area contributed by atoms with Crippen molar-refractivity contribution in [3.63, 3.8) is 0 Å². The zero-order valence-corrected chi connectivity index (χ0v) is 10.8. The Bertz CT molecular complexity index is 225. The highest BCUT2D eigenvalue weighted by Gasteiger charge is 2.31. The molecule has 0 saturated carbocycles. The maximum Gasteiger partial charge on any atom is 0.136 e. The van der Waals surface area contributed by atoms with Crippen LogP contribution in [0.25, 0.3) is 0 Å². The molecule has 0 saturated heterocycles. The van der Waals surface area contributed by atoms with Gasteiger partial charge in [0.1, 0.15) is 10.9 Å². The van der Waals surface area contributed by atoms with Crippen molar-refractivity contribution in [1.29, 1.82) is 0 Å². The summed E-state index contributed by atoms with van der Waals surface area (Å²) in [6, 6.07) is 0.120. The monoisotopic (exact) mass is 231 g/mol. The fraction of sp³-hybridized carbons (Fsp3) is 0.818. The van der Waals surface area contributed by atoms with Gasteiger partial charge in [-0.1, -0.05) is 0 Å². The Morgan fingerprint density at radius 3 is 2.67 bits per heavy atom. The lowest BCUT2D eigenvalue weighted by molar-refractivity contribution is 0.0991. The van der Waals surface area contributed by atoms with Gasteiger partial charge in [-0.05, 0) is 46.6 Å². The third-order valence-electron chi connectivity index (χ3n) is 2.37. The van der Waals surface area contributed by atoms with Gasteiger partial charge in [0, 0.05) is 11.4 Å². The van der Waals surface area contributed by atoms with Crippen LogP contribution in [-0.4, -0.2) is 21.4 Å². The Morgan fingerprint density at radius 2 is 2.20 bits per heavy atom. The van der Waals surface area contributed by atoms with Gasteiger partial charge in [-0.3, -0.25) is 0 Å². The van der Waals surface area contributed by atoms with E-state index in [2.05, 4.69) is 4.72 Å². The number of allylic oxidation sites excluding steroid dienone is 1. The van der Waals surface area contributed by atoms with Crippen LogP contribution < -0.4 is 4.72 Å². The summed E-state index contributed by atoms with van der Waals surface area (Å²) in [5.74, 6) is 0.